The van der Waals surface area contributed by atoms with Gasteiger partial charge in [0.25, 0.3) is 15.6 Å². The third-order valence-electron chi connectivity index (χ3n) is 5.98. The van der Waals surface area contributed by atoms with E-state index in [0.29, 0.717) is 22.8 Å². The first-order valence-corrected chi connectivity index (χ1v) is 15.3. The van der Waals surface area contributed by atoms with Crippen LogP contribution in [0, 0.1) is 0 Å². The van der Waals surface area contributed by atoms with Crippen molar-refractivity contribution in [2.75, 3.05) is 17.6 Å². The number of urea groups is 1. The lowest BCUT2D eigenvalue weighted by molar-refractivity contribution is -0.113. The van der Waals surface area contributed by atoms with Gasteiger partial charge in [0.2, 0.25) is 5.91 Å². The Morgan fingerprint density at radius 3 is 2.62 bits per heavy atom. The molecule has 0 fully saturated rings. The molecule has 13 heteroatoms. The summed E-state index contributed by atoms with van der Waals surface area (Å²) in [5, 5.41) is 6.38. The third-order valence-corrected chi connectivity index (χ3v) is 9.54. The smallest absolute Gasteiger partial charge is 0.328 e. The number of thiophene rings is 1. The monoisotopic (exact) mass is 563 g/mol. The summed E-state index contributed by atoms with van der Waals surface area (Å²) in [5.74, 6) is -0.301. The minimum Gasteiger partial charge on any atom is -0.337 e. The van der Waals surface area contributed by atoms with Gasteiger partial charge in [0.15, 0.2) is 5.16 Å². The number of nitrogens with one attached hydrogen (secondary N) is 3. The van der Waals surface area contributed by atoms with Crippen LogP contribution in [-0.4, -0.2) is 42.2 Å². The molecule has 10 nitrogen and oxygen atoms in total. The number of hydrogen-bond acceptors (Lipinski definition) is 8. The van der Waals surface area contributed by atoms with Crippen molar-refractivity contribution < 1.29 is 18.0 Å². The molecule has 3 aromatic rings. The molecule has 0 unspecified atom stereocenters. The molecule has 0 saturated heterocycles. The molecule has 3 N–H and O–H groups in total. The Kier molecular flexibility index (Phi) is 8.55. The zero-order valence-corrected chi connectivity index (χ0v) is 23.1. The zero-order chi connectivity index (χ0) is 26.6. The lowest BCUT2D eigenvalue weighted by Crippen LogP contribution is -2.39. The number of hydrogen-bond donors (Lipinski definition) is 3. The van der Waals surface area contributed by atoms with E-state index in [2.05, 4.69) is 15.6 Å². The van der Waals surface area contributed by atoms with E-state index >= 15 is 0 Å². The molecule has 0 radical (unpaired) electrons. The van der Waals surface area contributed by atoms with Crippen LogP contribution in [0.5, 0.6) is 0 Å². The van der Waals surface area contributed by atoms with Crippen molar-refractivity contribution in [2.45, 2.75) is 55.5 Å². The van der Waals surface area contributed by atoms with Gasteiger partial charge < -0.3 is 10.6 Å². The largest absolute Gasteiger partial charge is 0.337 e. The number of carbonyl (C=O) groups excluding carboxylic acids is 2. The van der Waals surface area contributed by atoms with Gasteiger partial charge in [-0.15, -0.1) is 11.3 Å². The van der Waals surface area contributed by atoms with Gasteiger partial charge in [-0.25, -0.2) is 22.9 Å². The van der Waals surface area contributed by atoms with E-state index in [1.54, 1.807) is 18.4 Å². The fourth-order valence-corrected chi connectivity index (χ4v) is 7.04. The maximum atomic E-state index is 13.0. The third kappa shape index (κ3) is 6.33. The highest BCUT2D eigenvalue weighted by Crippen LogP contribution is 2.34. The highest BCUT2D eigenvalue weighted by Gasteiger charge is 2.22. The summed E-state index contributed by atoms with van der Waals surface area (Å²) in [6.45, 7) is 2.34. The number of anilines is 1. The molecule has 1 aromatic carbocycles. The van der Waals surface area contributed by atoms with Crippen molar-refractivity contribution in [3.63, 3.8) is 0 Å². The number of aromatic nitrogens is 2. The number of aryl methyl sites for hydroxylation is 2. The molecule has 2 aromatic heterocycles. The summed E-state index contributed by atoms with van der Waals surface area (Å²) in [6, 6.07) is 4.72. The molecule has 0 atom stereocenters. The minimum absolute atomic E-state index is 0.0242. The molecular formula is C24H29N5O5S3. The molecular weight excluding hydrogens is 534 g/mol. The van der Waals surface area contributed by atoms with Gasteiger partial charge in [-0.05, 0) is 61.9 Å². The van der Waals surface area contributed by atoms with Crippen LogP contribution in [0.3, 0.4) is 0 Å². The summed E-state index contributed by atoms with van der Waals surface area (Å²) in [5.41, 5.74) is 1.45. The Hall–Kier alpha value is -2.90. The van der Waals surface area contributed by atoms with Crippen LogP contribution in [-0.2, 0) is 34.7 Å². The van der Waals surface area contributed by atoms with Crippen molar-refractivity contribution in [3.05, 3.63) is 45.1 Å². The fourth-order valence-electron chi connectivity index (χ4n) is 4.04. The number of fused-ring (bicyclic) bond motifs is 3. The van der Waals surface area contributed by atoms with E-state index < -0.39 is 16.1 Å². The second-order valence-electron chi connectivity index (χ2n) is 8.73. The van der Waals surface area contributed by atoms with E-state index in [1.165, 1.54) is 45.5 Å². The molecule has 2 heterocycles. The number of nitrogens with zero attached hydrogens (tertiary/aromatic N) is 2. The van der Waals surface area contributed by atoms with E-state index in [-0.39, 0.29) is 22.1 Å². The maximum Gasteiger partial charge on any atom is 0.328 e. The second kappa shape index (κ2) is 11.7. The standard InChI is InChI=1S/C24H29N5O5S3/c1-3-4-13-25-23(32)28-37(33,34)16-11-9-15(10-12-16)26-19(30)14-35-24-27-21-20(22(31)29(24)2)17-7-5-6-8-18(17)36-21/h9-12H,3-8,13-14H2,1-2H3,(H,26,30)(H2,25,28,32). The number of carbonyl (C=O) groups is 2. The van der Waals surface area contributed by atoms with Crippen LogP contribution in [0.25, 0.3) is 10.2 Å². The minimum atomic E-state index is -4.03. The summed E-state index contributed by atoms with van der Waals surface area (Å²) in [7, 11) is -2.37. The number of thioether (sulfide) groups is 1. The first kappa shape index (κ1) is 27.1. The average molecular weight is 564 g/mol. The molecule has 4 rings (SSSR count). The number of sulfonamides is 1. The van der Waals surface area contributed by atoms with E-state index in [1.807, 2.05) is 11.6 Å². The number of amides is 3. The fraction of sp³-hybridized carbons (Fsp3) is 0.417. The van der Waals surface area contributed by atoms with Crippen LogP contribution in [0.15, 0.2) is 39.1 Å². The summed E-state index contributed by atoms with van der Waals surface area (Å²) in [6.07, 6.45) is 5.71. The Morgan fingerprint density at radius 1 is 1.16 bits per heavy atom. The van der Waals surface area contributed by atoms with Gasteiger partial charge in [-0.1, -0.05) is 25.1 Å². The van der Waals surface area contributed by atoms with Crippen LogP contribution in [0.4, 0.5) is 10.5 Å². The highest BCUT2D eigenvalue weighted by atomic mass is 32.2. The summed E-state index contributed by atoms with van der Waals surface area (Å²) in [4.78, 5) is 43.8. The summed E-state index contributed by atoms with van der Waals surface area (Å²) >= 11 is 2.74. The molecule has 3 amide bonds. The quantitative estimate of drug-likeness (QED) is 0.206. The average Bonchev–Trinajstić information content (AvgIpc) is 3.24. The van der Waals surface area contributed by atoms with Crippen LogP contribution >= 0.6 is 23.1 Å². The Labute approximate surface area is 223 Å². The Balaban J connectivity index is 1.37. The molecule has 1 aliphatic rings. The van der Waals surface area contributed by atoms with Gasteiger partial charge >= 0.3 is 6.03 Å². The molecule has 0 aliphatic heterocycles. The molecule has 0 bridgehead atoms. The Morgan fingerprint density at radius 2 is 1.89 bits per heavy atom. The number of rotatable bonds is 9. The van der Waals surface area contributed by atoms with E-state index in [9.17, 15) is 22.8 Å². The highest BCUT2D eigenvalue weighted by molar-refractivity contribution is 7.99. The van der Waals surface area contributed by atoms with Crippen molar-refractivity contribution in [1.29, 1.82) is 0 Å². The van der Waals surface area contributed by atoms with Crippen LogP contribution in [0.1, 0.15) is 43.0 Å². The number of unbranched alkanes of at least 4 members (excludes halogenated alkanes) is 1. The molecule has 0 saturated carbocycles. The van der Waals surface area contributed by atoms with Gasteiger partial charge in [-0.2, -0.15) is 0 Å². The van der Waals surface area contributed by atoms with Crippen molar-refractivity contribution in [2.24, 2.45) is 7.05 Å². The SMILES string of the molecule is CCCCNC(=O)NS(=O)(=O)c1ccc(NC(=O)CSc2nc3sc4c(c3c(=O)n2C)CCCC4)cc1. The van der Waals surface area contributed by atoms with Crippen LogP contribution < -0.4 is 20.9 Å². The topological polar surface area (TPSA) is 139 Å². The molecule has 198 valence electrons. The molecule has 0 spiro atoms. The van der Waals surface area contributed by atoms with Gasteiger partial charge in [0.05, 0.1) is 16.0 Å². The van der Waals surface area contributed by atoms with Gasteiger partial charge in [0.1, 0.15) is 4.83 Å². The first-order chi connectivity index (χ1) is 17.7. The van der Waals surface area contributed by atoms with Crippen molar-refractivity contribution in [1.82, 2.24) is 19.6 Å². The zero-order valence-electron chi connectivity index (χ0n) is 20.6. The summed E-state index contributed by atoms with van der Waals surface area (Å²) < 4.78 is 28.2. The van der Waals surface area contributed by atoms with Crippen LogP contribution in [0.2, 0.25) is 0 Å². The van der Waals surface area contributed by atoms with Crippen molar-refractivity contribution in [3.8, 4) is 0 Å². The molecule has 37 heavy (non-hydrogen) atoms. The lowest BCUT2D eigenvalue weighted by atomic mass is 9.97. The first-order valence-electron chi connectivity index (χ1n) is 12.0. The second-order valence-corrected chi connectivity index (χ2v) is 12.4. The lowest BCUT2D eigenvalue weighted by Gasteiger charge is -2.11. The van der Waals surface area contributed by atoms with Crippen molar-refractivity contribution >= 4 is 61.0 Å². The van der Waals surface area contributed by atoms with Gasteiger partial charge in [-0.3, -0.25) is 14.2 Å². The maximum absolute atomic E-state index is 13.0. The normalized spacial score (nSPS) is 13.2. The molecule has 1 aliphatic carbocycles. The van der Waals surface area contributed by atoms with E-state index in [0.717, 1.165) is 48.9 Å². The predicted molar refractivity (Wildman–Crippen MR) is 146 cm³/mol. The Bertz CT molecular complexity index is 1480. The predicted octanol–water partition coefficient (Wildman–Crippen LogP) is 3.39. The van der Waals surface area contributed by atoms with Gasteiger partial charge in [0, 0.05) is 24.2 Å². The van der Waals surface area contributed by atoms with E-state index in [4.69, 9.17) is 0 Å². The number of benzene rings is 1.